The van der Waals surface area contributed by atoms with Crippen molar-refractivity contribution in [3.63, 3.8) is 0 Å². The van der Waals surface area contributed by atoms with Crippen LogP contribution in [0.2, 0.25) is 0 Å². The van der Waals surface area contributed by atoms with E-state index in [2.05, 4.69) is 21.9 Å². The summed E-state index contributed by atoms with van der Waals surface area (Å²) in [6, 6.07) is 10.8. The van der Waals surface area contributed by atoms with E-state index in [-0.39, 0.29) is 29.2 Å². The number of benzene rings is 1. The molecule has 1 aliphatic heterocycles. The van der Waals surface area contributed by atoms with Gasteiger partial charge in [0.1, 0.15) is 17.5 Å². The van der Waals surface area contributed by atoms with E-state index < -0.39 is 11.7 Å². The number of halogens is 1. The number of anilines is 2. The zero-order chi connectivity index (χ0) is 26.8. The highest BCUT2D eigenvalue weighted by Gasteiger charge is 2.28. The van der Waals surface area contributed by atoms with Crippen molar-refractivity contribution < 1.29 is 14.0 Å². The number of pyridine rings is 1. The molecule has 1 saturated heterocycles. The zero-order valence-electron chi connectivity index (χ0n) is 20.3. The van der Waals surface area contributed by atoms with Crippen LogP contribution in [-0.4, -0.2) is 49.2 Å². The number of nitriles is 1. The molecule has 0 saturated carbocycles. The number of nitrogens with two attached hydrogens (primary N) is 1. The topological polar surface area (TPSA) is 142 Å². The molecule has 190 valence electrons. The third kappa shape index (κ3) is 4.55. The third-order valence-electron chi connectivity index (χ3n) is 6.51. The molecular weight excluding hydrogens is 487 g/mol. The smallest absolute Gasteiger partial charge is 0.259 e. The van der Waals surface area contributed by atoms with Gasteiger partial charge in [-0.2, -0.15) is 5.26 Å². The van der Waals surface area contributed by atoms with Crippen LogP contribution < -0.4 is 11.1 Å². The standard InChI is InChI=1S/C27H23FN8O2/c1-2-23(37)35-11-3-4-18(15-35)24-21-8-10-32-27(30)36(21)25(34-24)17-5-6-19(20(28)13-17)26(38)33-22-12-16(14-29)7-9-31-22/h2,5-10,12-13,18H,1,3-4,11,15H2,(H2,30,32)(H,31,33,38). The summed E-state index contributed by atoms with van der Waals surface area (Å²) in [6.07, 6.45) is 5.90. The Labute approximate surface area is 217 Å². The number of aromatic nitrogens is 4. The van der Waals surface area contributed by atoms with Crippen LogP contribution in [-0.2, 0) is 4.79 Å². The minimum Gasteiger partial charge on any atom is -0.369 e. The van der Waals surface area contributed by atoms with Gasteiger partial charge in [0.2, 0.25) is 11.9 Å². The monoisotopic (exact) mass is 510 g/mol. The number of fused-ring (bicyclic) bond motifs is 1. The van der Waals surface area contributed by atoms with Crippen LogP contribution in [0.3, 0.4) is 0 Å². The van der Waals surface area contributed by atoms with Gasteiger partial charge < -0.3 is 16.0 Å². The number of nitrogens with one attached hydrogen (secondary N) is 1. The first kappa shape index (κ1) is 24.6. The summed E-state index contributed by atoms with van der Waals surface area (Å²) in [7, 11) is 0. The Bertz CT molecular complexity index is 1620. The first-order valence-electron chi connectivity index (χ1n) is 11.9. The number of rotatable bonds is 5. The first-order chi connectivity index (χ1) is 18.4. The molecule has 0 bridgehead atoms. The van der Waals surface area contributed by atoms with Crippen LogP contribution in [0, 0.1) is 17.1 Å². The molecule has 1 atom stereocenters. The number of carbonyl (C=O) groups excluding carboxylic acids is 2. The summed E-state index contributed by atoms with van der Waals surface area (Å²) in [6.45, 7) is 4.71. The molecule has 38 heavy (non-hydrogen) atoms. The van der Waals surface area contributed by atoms with Crippen LogP contribution >= 0.6 is 0 Å². The summed E-state index contributed by atoms with van der Waals surface area (Å²) < 4.78 is 16.9. The Morgan fingerprint density at radius 1 is 1.21 bits per heavy atom. The lowest BCUT2D eigenvalue weighted by molar-refractivity contribution is -0.127. The van der Waals surface area contributed by atoms with E-state index >= 15 is 4.39 Å². The van der Waals surface area contributed by atoms with E-state index in [1.807, 2.05) is 6.07 Å². The highest BCUT2D eigenvalue weighted by molar-refractivity contribution is 6.04. The van der Waals surface area contributed by atoms with Gasteiger partial charge in [0.05, 0.1) is 28.4 Å². The van der Waals surface area contributed by atoms with E-state index in [0.717, 1.165) is 24.1 Å². The first-order valence-corrected chi connectivity index (χ1v) is 11.9. The number of likely N-dealkylation sites (tertiary alicyclic amines) is 1. The molecule has 1 aromatic carbocycles. The Hall–Kier alpha value is -5.11. The fourth-order valence-electron chi connectivity index (χ4n) is 4.70. The third-order valence-corrected chi connectivity index (χ3v) is 6.51. The maximum Gasteiger partial charge on any atom is 0.259 e. The molecule has 10 nitrogen and oxygen atoms in total. The maximum atomic E-state index is 15.2. The minimum atomic E-state index is -0.766. The van der Waals surface area contributed by atoms with Gasteiger partial charge >= 0.3 is 0 Å². The Balaban J connectivity index is 1.49. The molecule has 11 heteroatoms. The van der Waals surface area contributed by atoms with Crippen molar-refractivity contribution in [1.29, 1.82) is 5.26 Å². The molecule has 3 aromatic heterocycles. The van der Waals surface area contributed by atoms with Gasteiger partial charge in [-0.15, -0.1) is 0 Å². The van der Waals surface area contributed by atoms with Gasteiger partial charge in [-0.1, -0.05) is 12.6 Å². The molecule has 1 unspecified atom stereocenters. The number of piperidine rings is 1. The Morgan fingerprint density at radius 3 is 2.79 bits per heavy atom. The fraction of sp³-hybridized carbons (Fsp3) is 0.185. The SMILES string of the molecule is C=CC(=O)N1CCCC(c2nc(-c3ccc(C(=O)Nc4cc(C#N)ccn4)c(F)c3)n3c(N)nccc23)C1. The minimum absolute atomic E-state index is 0.0511. The van der Waals surface area contributed by atoms with Gasteiger partial charge in [-0.3, -0.25) is 14.0 Å². The summed E-state index contributed by atoms with van der Waals surface area (Å²) in [5, 5.41) is 11.5. The molecule has 1 fully saturated rings. The molecule has 1 aliphatic rings. The van der Waals surface area contributed by atoms with Gasteiger partial charge in [0.25, 0.3) is 5.91 Å². The molecular formula is C27H23FN8O2. The Kier molecular flexibility index (Phi) is 6.53. The van der Waals surface area contributed by atoms with Crippen LogP contribution in [0.5, 0.6) is 0 Å². The van der Waals surface area contributed by atoms with E-state index in [0.29, 0.717) is 30.0 Å². The lowest BCUT2D eigenvalue weighted by atomic mass is 9.94. The molecule has 4 aromatic rings. The second-order valence-corrected chi connectivity index (χ2v) is 8.86. The second-order valence-electron chi connectivity index (χ2n) is 8.86. The van der Waals surface area contributed by atoms with E-state index in [1.54, 1.807) is 27.6 Å². The van der Waals surface area contributed by atoms with Crippen LogP contribution in [0.15, 0.2) is 61.4 Å². The summed E-state index contributed by atoms with van der Waals surface area (Å²) >= 11 is 0. The number of hydrogen-bond acceptors (Lipinski definition) is 7. The molecule has 3 N–H and O–H groups in total. The van der Waals surface area contributed by atoms with Crippen LogP contribution in [0.1, 0.15) is 40.4 Å². The lowest BCUT2D eigenvalue weighted by Crippen LogP contribution is -2.38. The second kappa shape index (κ2) is 10.1. The van der Waals surface area contributed by atoms with Crippen molar-refractivity contribution in [2.24, 2.45) is 0 Å². The molecule has 2 amide bonds. The van der Waals surface area contributed by atoms with E-state index in [1.165, 1.54) is 36.5 Å². The highest BCUT2D eigenvalue weighted by atomic mass is 19.1. The van der Waals surface area contributed by atoms with Crippen molar-refractivity contribution in [1.82, 2.24) is 24.3 Å². The summed E-state index contributed by atoms with van der Waals surface area (Å²) in [5.74, 6) is -0.969. The molecule has 5 rings (SSSR count). The van der Waals surface area contributed by atoms with Crippen LogP contribution in [0.25, 0.3) is 16.9 Å². The van der Waals surface area contributed by atoms with Gasteiger partial charge in [0.15, 0.2) is 0 Å². The van der Waals surface area contributed by atoms with E-state index in [9.17, 15) is 9.59 Å². The number of amides is 2. The van der Waals surface area contributed by atoms with Crippen molar-refractivity contribution in [2.75, 3.05) is 24.1 Å². The number of carbonyl (C=O) groups is 2. The molecule has 4 heterocycles. The molecule has 0 radical (unpaired) electrons. The largest absolute Gasteiger partial charge is 0.369 e. The molecule has 0 spiro atoms. The number of imidazole rings is 1. The van der Waals surface area contributed by atoms with E-state index in [4.69, 9.17) is 16.0 Å². The average molecular weight is 511 g/mol. The lowest BCUT2D eigenvalue weighted by Gasteiger charge is -2.31. The number of nitrogens with zero attached hydrogens (tertiary/aromatic N) is 6. The average Bonchev–Trinajstić information content (AvgIpc) is 3.33. The quantitative estimate of drug-likeness (QED) is 0.391. The Morgan fingerprint density at radius 2 is 2.03 bits per heavy atom. The predicted molar refractivity (Wildman–Crippen MR) is 138 cm³/mol. The van der Waals surface area contributed by atoms with Gasteiger partial charge in [0, 0.05) is 37.0 Å². The van der Waals surface area contributed by atoms with Crippen LogP contribution in [0.4, 0.5) is 16.2 Å². The highest BCUT2D eigenvalue weighted by Crippen LogP contribution is 2.34. The van der Waals surface area contributed by atoms with Crippen molar-refractivity contribution >= 4 is 29.1 Å². The maximum absolute atomic E-state index is 15.2. The summed E-state index contributed by atoms with van der Waals surface area (Å²) in [5.41, 5.74) is 8.18. The molecule has 0 aliphatic carbocycles. The summed E-state index contributed by atoms with van der Waals surface area (Å²) in [4.78, 5) is 39.7. The predicted octanol–water partition coefficient (Wildman–Crippen LogP) is 3.53. The van der Waals surface area contributed by atoms with Gasteiger partial charge in [-0.25, -0.2) is 19.3 Å². The normalized spacial score (nSPS) is 15.2. The van der Waals surface area contributed by atoms with Crippen molar-refractivity contribution in [3.8, 4) is 17.5 Å². The van der Waals surface area contributed by atoms with Crippen molar-refractivity contribution in [2.45, 2.75) is 18.8 Å². The van der Waals surface area contributed by atoms with Gasteiger partial charge in [-0.05, 0) is 49.2 Å². The van der Waals surface area contributed by atoms with Crippen molar-refractivity contribution in [3.05, 3.63) is 84.1 Å². The number of nitrogen functional groups attached to an aromatic ring is 1. The zero-order valence-corrected chi connectivity index (χ0v) is 20.3. The number of hydrogen-bond donors (Lipinski definition) is 2. The fourth-order valence-corrected chi connectivity index (χ4v) is 4.70.